The van der Waals surface area contributed by atoms with Gasteiger partial charge < -0.3 is 19.6 Å². The monoisotopic (exact) mass is 364 g/mol. The number of hydrogen-bond acceptors (Lipinski definition) is 4. The Morgan fingerprint density at radius 2 is 1.62 bits per heavy atom. The van der Waals surface area contributed by atoms with Crippen molar-refractivity contribution < 1.29 is 4.79 Å². The maximum atomic E-state index is 13.1. The fraction of sp³-hybridized carbons (Fsp3) is 0.952. The minimum Gasteiger partial charge on any atom is -0.342 e. The number of amides is 1. The van der Waals surface area contributed by atoms with E-state index in [1.807, 2.05) is 0 Å². The first-order valence-corrected chi connectivity index (χ1v) is 10.9. The quantitative estimate of drug-likeness (QED) is 0.745. The summed E-state index contributed by atoms with van der Waals surface area (Å²) in [6.07, 6.45) is 4.77. The van der Waals surface area contributed by atoms with Gasteiger partial charge in [0.25, 0.3) is 0 Å². The van der Waals surface area contributed by atoms with Gasteiger partial charge in [0.15, 0.2) is 0 Å². The second-order valence-corrected chi connectivity index (χ2v) is 9.40. The number of likely N-dealkylation sites (N-methyl/N-ethyl adjacent to an activating group) is 1. The van der Waals surface area contributed by atoms with Gasteiger partial charge in [-0.15, -0.1) is 0 Å². The number of carbonyl (C=O) groups excluding carboxylic acids is 1. The lowest BCUT2D eigenvalue weighted by atomic mass is 9.86. The van der Waals surface area contributed by atoms with Crippen molar-refractivity contribution in [3.05, 3.63) is 0 Å². The molecule has 5 nitrogen and oxygen atoms in total. The first-order valence-electron chi connectivity index (χ1n) is 10.9. The van der Waals surface area contributed by atoms with Crippen LogP contribution in [0.25, 0.3) is 0 Å². The van der Waals surface area contributed by atoms with E-state index in [1.54, 1.807) is 0 Å². The van der Waals surface area contributed by atoms with Crippen LogP contribution >= 0.6 is 0 Å². The van der Waals surface area contributed by atoms with E-state index in [4.69, 9.17) is 0 Å². The molecular weight excluding hydrogens is 324 g/mol. The highest BCUT2D eigenvalue weighted by molar-refractivity contribution is 5.79. The van der Waals surface area contributed by atoms with E-state index in [1.165, 1.54) is 58.5 Å². The van der Waals surface area contributed by atoms with Gasteiger partial charge in [0, 0.05) is 65.4 Å². The van der Waals surface area contributed by atoms with Crippen LogP contribution in [0.5, 0.6) is 0 Å². The Labute approximate surface area is 160 Å². The zero-order valence-corrected chi connectivity index (χ0v) is 17.3. The van der Waals surface area contributed by atoms with Gasteiger partial charge in [-0.3, -0.25) is 4.79 Å². The fourth-order valence-corrected chi connectivity index (χ4v) is 5.05. The van der Waals surface area contributed by atoms with E-state index in [-0.39, 0.29) is 5.92 Å². The zero-order valence-electron chi connectivity index (χ0n) is 17.3. The normalized spacial score (nSPS) is 30.1. The third-order valence-corrected chi connectivity index (χ3v) is 6.37. The molecule has 0 bridgehead atoms. The average Bonchev–Trinajstić information content (AvgIpc) is 2.63. The predicted molar refractivity (Wildman–Crippen MR) is 107 cm³/mol. The molecule has 3 aliphatic rings. The molecule has 0 N–H and O–H groups in total. The van der Waals surface area contributed by atoms with E-state index < -0.39 is 0 Å². The maximum Gasteiger partial charge on any atom is 0.226 e. The molecule has 0 aromatic heterocycles. The molecule has 3 rings (SSSR count). The summed E-state index contributed by atoms with van der Waals surface area (Å²) in [5.41, 5.74) is 0. The second-order valence-electron chi connectivity index (χ2n) is 9.40. The largest absolute Gasteiger partial charge is 0.342 e. The summed E-state index contributed by atoms with van der Waals surface area (Å²) < 4.78 is 0. The van der Waals surface area contributed by atoms with Gasteiger partial charge in [-0.1, -0.05) is 13.8 Å². The maximum absolute atomic E-state index is 13.1. The Morgan fingerprint density at radius 3 is 2.27 bits per heavy atom. The first-order chi connectivity index (χ1) is 12.5. The van der Waals surface area contributed by atoms with E-state index in [0.717, 1.165) is 32.6 Å². The number of carbonyl (C=O) groups is 1. The molecule has 0 saturated carbocycles. The van der Waals surface area contributed by atoms with Crippen LogP contribution in [0.4, 0.5) is 0 Å². The van der Waals surface area contributed by atoms with Gasteiger partial charge in [0.05, 0.1) is 5.92 Å². The molecule has 0 radical (unpaired) electrons. The second kappa shape index (κ2) is 9.52. The molecule has 0 unspecified atom stereocenters. The van der Waals surface area contributed by atoms with Gasteiger partial charge >= 0.3 is 0 Å². The van der Waals surface area contributed by atoms with Crippen LogP contribution in [0.2, 0.25) is 0 Å². The van der Waals surface area contributed by atoms with E-state index in [0.29, 0.717) is 17.7 Å². The van der Waals surface area contributed by atoms with Crippen LogP contribution in [0.3, 0.4) is 0 Å². The molecule has 3 heterocycles. The van der Waals surface area contributed by atoms with Gasteiger partial charge in [0.1, 0.15) is 0 Å². The molecule has 3 fully saturated rings. The molecular formula is C21H40N4O. The highest BCUT2D eigenvalue weighted by Gasteiger charge is 2.35. The Morgan fingerprint density at radius 1 is 0.923 bits per heavy atom. The van der Waals surface area contributed by atoms with Crippen LogP contribution in [0.15, 0.2) is 0 Å². The molecule has 1 amide bonds. The summed E-state index contributed by atoms with van der Waals surface area (Å²) >= 11 is 0. The zero-order chi connectivity index (χ0) is 18.5. The van der Waals surface area contributed by atoms with Gasteiger partial charge in [-0.25, -0.2) is 0 Å². The van der Waals surface area contributed by atoms with Gasteiger partial charge in [-0.2, -0.15) is 0 Å². The Hall–Kier alpha value is -0.650. The van der Waals surface area contributed by atoms with Crippen molar-refractivity contribution >= 4 is 5.91 Å². The molecule has 2 atom stereocenters. The number of nitrogens with zero attached hydrogens (tertiary/aromatic N) is 4. The lowest BCUT2D eigenvalue weighted by molar-refractivity contribution is -0.139. The molecule has 0 aromatic rings. The Balaban J connectivity index is 1.59. The number of piperidine rings is 2. The molecule has 3 aliphatic heterocycles. The molecule has 0 aromatic carbocycles. The van der Waals surface area contributed by atoms with Crippen molar-refractivity contribution in [2.24, 2.45) is 17.8 Å². The summed E-state index contributed by atoms with van der Waals surface area (Å²) in [5.74, 6) is 1.98. The third-order valence-electron chi connectivity index (χ3n) is 6.37. The summed E-state index contributed by atoms with van der Waals surface area (Å²) in [6, 6.07) is 0. The SMILES string of the molecule is CC(C)CN1C[C@@H](CN2CCN(C)CC2)C[C@@H](C(=O)N2CCCCC2)C1. The summed E-state index contributed by atoms with van der Waals surface area (Å²) in [5, 5.41) is 0. The summed E-state index contributed by atoms with van der Waals surface area (Å²) in [4.78, 5) is 22.9. The van der Waals surface area contributed by atoms with Crippen molar-refractivity contribution in [1.82, 2.24) is 19.6 Å². The standard InChI is InChI=1S/C21H40N4O/c1-18(2)14-24-16-19(15-23-11-9-22(3)10-12-23)13-20(17-24)21(26)25-7-5-4-6-8-25/h18-20H,4-17H2,1-3H3/t19-,20-/m1/s1. The molecule has 3 saturated heterocycles. The van der Waals surface area contributed by atoms with Crippen LogP contribution in [-0.4, -0.2) is 98.0 Å². The van der Waals surface area contributed by atoms with Crippen molar-refractivity contribution in [2.45, 2.75) is 39.5 Å². The lowest BCUT2D eigenvalue weighted by Crippen LogP contribution is -2.53. The number of piperazine rings is 1. The molecule has 0 aliphatic carbocycles. The van der Waals surface area contributed by atoms with E-state index in [9.17, 15) is 4.79 Å². The van der Waals surface area contributed by atoms with Crippen molar-refractivity contribution in [3.8, 4) is 0 Å². The highest BCUT2D eigenvalue weighted by Crippen LogP contribution is 2.26. The summed E-state index contributed by atoms with van der Waals surface area (Å²) in [6.45, 7) is 15.7. The van der Waals surface area contributed by atoms with Crippen LogP contribution < -0.4 is 0 Å². The molecule has 5 heteroatoms. The smallest absolute Gasteiger partial charge is 0.226 e. The first kappa shape index (κ1) is 20.1. The number of hydrogen-bond donors (Lipinski definition) is 0. The van der Waals surface area contributed by atoms with Crippen LogP contribution in [-0.2, 0) is 4.79 Å². The lowest BCUT2D eigenvalue weighted by Gasteiger charge is -2.42. The molecule has 0 spiro atoms. The van der Waals surface area contributed by atoms with Crippen molar-refractivity contribution in [2.75, 3.05) is 72.5 Å². The third kappa shape index (κ3) is 5.67. The van der Waals surface area contributed by atoms with E-state index in [2.05, 4.69) is 40.5 Å². The predicted octanol–water partition coefficient (Wildman–Crippen LogP) is 1.84. The van der Waals surface area contributed by atoms with Gasteiger partial charge in [0.2, 0.25) is 5.91 Å². The Bertz CT molecular complexity index is 441. The minimum atomic E-state index is 0.220. The molecule has 26 heavy (non-hydrogen) atoms. The Kier molecular flexibility index (Phi) is 7.35. The summed E-state index contributed by atoms with van der Waals surface area (Å²) in [7, 11) is 2.22. The van der Waals surface area contributed by atoms with Crippen molar-refractivity contribution in [1.29, 1.82) is 0 Å². The van der Waals surface area contributed by atoms with Crippen LogP contribution in [0, 0.1) is 17.8 Å². The number of rotatable bonds is 5. The topological polar surface area (TPSA) is 30.0 Å². The average molecular weight is 365 g/mol. The molecule has 150 valence electrons. The van der Waals surface area contributed by atoms with Crippen molar-refractivity contribution in [3.63, 3.8) is 0 Å². The van der Waals surface area contributed by atoms with Crippen LogP contribution in [0.1, 0.15) is 39.5 Å². The van der Waals surface area contributed by atoms with E-state index >= 15 is 0 Å². The van der Waals surface area contributed by atoms with Gasteiger partial charge in [-0.05, 0) is 44.6 Å². The minimum absolute atomic E-state index is 0.220. The highest BCUT2D eigenvalue weighted by atomic mass is 16.2. The fourth-order valence-electron chi connectivity index (χ4n) is 5.05. The number of likely N-dealkylation sites (tertiary alicyclic amines) is 2.